The normalized spacial score (nSPS) is 12.5. The fraction of sp³-hybridized carbons (Fsp3) is 0.0769. The fourth-order valence-corrected chi connectivity index (χ4v) is 2.20. The van der Waals surface area contributed by atoms with Gasteiger partial charge in [0.15, 0.2) is 0 Å². The zero-order chi connectivity index (χ0) is 12.4. The summed E-state index contributed by atoms with van der Waals surface area (Å²) in [5.74, 6) is -0.382. The summed E-state index contributed by atoms with van der Waals surface area (Å²) in [5.41, 5.74) is 1.02. The lowest BCUT2D eigenvalue weighted by atomic mass is 10.0. The van der Waals surface area contributed by atoms with Gasteiger partial charge in [0.25, 0.3) is 0 Å². The number of aliphatic hydroxyl groups excluding tert-OH is 1. The van der Waals surface area contributed by atoms with E-state index in [0.29, 0.717) is 20.6 Å². The third-order valence-electron chi connectivity index (χ3n) is 2.44. The van der Waals surface area contributed by atoms with Crippen LogP contribution in [-0.4, -0.2) is 5.11 Å². The smallest absolute Gasteiger partial charge is 0.123 e. The predicted octanol–water partition coefficient (Wildman–Crippen LogP) is 4.32. The summed E-state index contributed by atoms with van der Waals surface area (Å²) in [7, 11) is 0. The van der Waals surface area contributed by atoms with Crippen molar-refractivity contribution < 1.29 is 9.50 Å². The second kappa shape index (κ2) is 5.17. The Hall–Kier alpha value is -0.900. The van der Waals surface area contributed by atoms with E-state index in [9.17, 15) is 9.50 Å². The van der Waals surface area contributed by atoms with Gasteiger partial charge in [-0.25, -0.2) is 4.39 Å². The van der Waals surface area contributed by atoms with E-state index in [1.165, 1.54) is 12.1 Å². The van der Waals surface area contributed by atoms with Crippen LogP contribution in [0, 0.1) is 5.82 Å². The first-order valence-corrected chi connectivity index (χ1v) is 6.14. The van der Waals surface area contributed by atoms with Crippen LogP contribution in [0.2, 0.25) is 5.02 Å². The molecule has 0 radical (unpaired) electrons. The monoisotopic (exact) mass is 314 g/mol. The molecule has 0 amide bonds. The van der Waals surface area contributed by atoms with Crippen molar-refractivity contribution in [3.8, 4) is 0 Å². The maximum atomic E-state index is 13.1. The van der Waals surface area contributed by atoms with Gasteiger partial charge < -0.3 is 5.11 Å². The minimum atomic E-state index is -0.935. The van der Waals surface area contributed by atoms with Crippen LogP contribution in [0.1, 0.15) is 17.2 Å². The van der Waals surface area contributed by atoms with Crippen LogP contribution in [0.3, 0.4) is 0 Å². The van der Waals surface area contributed by atoms with Crippen molar-refractivity contribution in [3.05, 3.63) is 68.9 Å². The first kappa shape index (κ1) is 12.6. The summed E-state index contributed by atoms with van der Waals surface area (Å²) >= 11 is 9.36. The highest BCUT2D eigenvalue weighted by Crippen LogP contribution is 2.33. The summed E-state index contributed by atoms with van der Waals surface area (Å²) in [6.45, 7) is 0. The molecular formula is C13H9BrClFO. The zero-order valence-electron chi connectivity index (χ0n) is 8.70. The molecule has 0 aromatic heterocycles. The molecule has 0 saturated carbocycles. The third-order valence-corrected chi connectivity index (χ3v) is 3.75. The zero-order valence-corrected chi connectivity index (χ0v) is 11.0. The number of benzene rings is 2. The van der Waals surface area contributed by atoms with E-state index in [4.69, 9.17) is 11.6 Å². The molecule has 1 nitrogen and oxygen atoms in total. The van der Waals surface area contributed by atoms with E-state index >= 15 is 0 Å². The standard InChI is InChI=1S/C13H9BrClFO/c14-11-6-2-5-10(12(11)15)13(17)8-3-1-4-9(16)7-8/h1-7,13,17H. The SMILES string of the molecule is OC(c1cccc(F)c1)c1cccc(Br)c1Cl. The molecule has 0 fully saturated rings. The Balaban J connectivity index is 2.44. The Morgan fingerprint density at radius 3 is 2.59 bits per heavy atom. The molecule has 1 unspecified atom stereocenters. The number of hydrogen-bond donors (Lipinski definition) is 1. The van der Waals surface area contributed by atoms with Crippen LogP contribution in [0.5, 0.6) is 0 Å². The maximum Gasteiger partial charge on any atom is 0.123 e. The van der Waals surface area contributed by atoms with Crippen molar-refractivity contribution in [2.75, 3.05) is 0 Å². The number of hydrogen-bond acceptors (Lipinski definition) is 1. The molecule has 2 rings (SSSR count). The molecular weight excluding hydrogens is 306 g/mol. The summed E-state index contributed by atoms with van der Waals surface area (Å²) in [4.78, 5) is 0. The average molecular weight is 316 g/mol. The third kappa shape index (κ3) is 2.68. The van der Waals surface area contributed by atoms with Gasteiger partial charge in [0, 0.05) is 10.0 Å². The highest BCUT2D eigenvalue weighted by Gasteiger charge is 2.15. The molecule has 0 saturated heterocycles. The van der Waals surface area contributed by atoms with E-state index in [1.807, 2.05) is 0 Å². The first-order valence-electron chi connectivity index (χ1n) is 4.97. The number of rotatable bonds is 2. The highest BCUT2D eigenvalue weighted by atomic mass is 79.9. The van der Waals surface area contributed by atoms with Gasteiger partial charge in [-0.1, -0.05) is 35.9 Å². The lowest BCUT2D eigenvalue weighted by Gasteiger charge is -2.14. The van der Waals surface area contributed by atoms with Gasteiger partial charge in [-0.3, -0.25) is 0 Å². The van der Waals surface area contributed by atoms with Gasteiger partial charge in [0.2, 0.25) is 0 Å². The average Bonchev–Trinajstić information content (AvgIpc) is 2.32. The molecule has 0 bridgehead atoms. The van der Waals surface area contributed by atoms with Crippen LogP contribution in [0.4, 0.5) is 4.39 Å². The van der Waals surface area contributed by atoms with Crippen molar-refractivity contribution in [2.24, 2.45) is 0 Å². The van der Waals surface area contributed by atoms with Crippen LogP contribution < -0.4 is 0 Å². The van der Waals surface area contributed by atoms with Crippen molar-refractivity contribution in [3.63, 3.8) is 0 Å². The van der Waals surface area contributed by atoms with Gasteiger partial charge in [-0.15, -0.1) is 0 Å². The molecule has 2 aromatic carbocycles. The summed E-state index contributed by atoms with van der Waals surface area (Å²) in [6.07, 6.45) is -0.935. The molecule has 88 valence electrons. The van der Waals surface area contributed by atoms with E-state index in [-0.39, 0.29) is 5.82 Å². The molecule has 1 atom stereocenters. The van der Waals surface area contributed by atoms with Gasteiger partial charge in [0.05, 0.1) is 5.02 Å². The summed E-state index contributed by atoms with van der Waals surface area (Å²) in [6, 6.07) is 11.1. The van der Waals surface area contributed by atoms with Crippen LogP contribution >= 0.6 is 27.5 Å². The molecule has 2 aromatic rings. The van der Waals surface area contributed by atoms with E-state index in [2.05, 4.69) is 15.9 Å². The van der Waals surface area contributed by atoms with Gasteiger partial charge >= 0.3 is 0 Å². The first-order chi connectivity index (χ1) is 8.09. The molecule has 0 spiro atoms. The Morgan fingerprint density at radius 1 is 1.18 bits per heavy atom. The van der Waals surface area contributed by atoms with Crippen LogP contribution in [-0.2, 0) is 0 Å². The molecule has 1 N–H and O–H groups in total. The minimum Gasteiger partial charge on any atom is -0.384 e. The van der Waals surface area contributed by atoms with Crippen LogP contribution in [0.25, 0.3) is 0 Å². The molecule has 0 aliphatic carbocycles. The van der Waals surface area contributed by atoms with Crippen molar-refractivity contribution >= 4 is 27.5 Å². The summed E-state index contributed by atoms with van der Waals surface area (Å²) < 4.78 is 13.8. The lowest BCUT2D eigenvalue weighted by Crippen LogP contribution is -2.01. The predicted molar refractivity (Wildman–Crippen MR) is 69.6 cm³/mol. The highest BCUT2D eigenvalue weighted by molar-refractivity contribution is 9.10. The van der Waals surface area contributed by atoms with E-state index < -0.39 is 6.10 Å². The minimum absolute atomic E-state index is 0.382. The number of halogens is 3. The van der Waals surface area contributed by atoms with Gasteiger partial charge in [-0.2, -0.15) is 0 Å². The quantitative estimate of drug-likeness (QED) is 0.875. The van der Waals surface area contributed by atoms with Gasteiger partial charge in [-0.05, 0) is 39.7 Å². The largest absolute Gasteiger partial charge is 0.384 e. The fourth-order valence-electron chi connectivity index (χ4n) is 1.59. The van der Waals surface area contributed by atoms with E-state index in [1.54, 1.807) is 30.3 Å². The molecule has 17 heavy (non-hydrogen) atoms. The van der Waals surface area contributed by atoms with Crippen LogP contribution in [0.15, 0.2) is 46.9 Å². The number of aliphatic hydroxyl groups is 1. The lowest BCUT2D eigenvalue weighted by molar-refractivity contribution is 0.220. The van der Waals surface area contributed by atoms with Gasteiger partial charge in [0.1, 0.15) is 11.9 Å². The second-order valence-electron chi connectivity index (χ2n) is 3.60. The Bertz CT molecular complexity index is 545. The van der Waals surface area contributed by atoms with E-state index in [0.717, 1.165) is 0 Å². The second-order valence-corrected chi connectivity index (χ2v) is 4.83. The van der Waals surface area contributed by atoms with Crippen molar-refractivity contribution in [2.45, 2.75) is 6.10 Å². The Labute approximate surface area is 112 Å². The molecule has 0 heterocycles. The molecule has 0 aliphatic heterocycles. The topological polar surface area (TPSA) is 20.2 Å². The summed E-state index contributed by atoms with van der Waals surface area (Å²) in [5, 5.41) is 10.6. The van der Waals surface area contributed by atoms with Crippen molar-refractivity contribution in [1.29, 1.82) is 0 Å². The Morgan fingerprint density at radius 2 is 1.88 bits per heavy atom. The Kier molecular flexibility index (Phi) is 3.82. The molecule has 4 heteroatoms. The maximum absolute atomic E-state index is 13.1. The van der Waals surface area contributed by atoms with Crippen molar-refractivity contribution in [1.82, 2.24) is 0 Å². The molecule has 0 aliphatic rings.